The lowest BCUT2D eigenvalue weighted by Crippen LogP contribution is -2.43. The van der Waals surface area contributed by atoms with Crippen LogP contribution in [-0.2, 0) is 6.42 Å². The van der Waals surface area contributed by atoms with Gasteiger partial charge in [0.2, 0.25) is 0 Å². The molecule has 2 nitrogen and oxygen atoms in total. The van der Waals surface area contributed by atoms with Crippen LogP contribution in [0.5, 0.6) is 5.75 Å². The van der Waals surface area contributed by atoms with E-state index in [1.54, 1.807) is 24.3 Å². The first kappa shape index (κ1) is 18.9. The number of phenolic OH excluding ortho intramolecular Hbond substituents is 1. The Labute approximate surface area is 169 Å². The average molecular weight is 448 g/mol. The van der Waals surface area contributed by atoms with E-state index in [-0.39, 0.29) is 23.2 Å². The van der Waals surface area contributed by atoms with Crippen molar-refractivity contribution in [3.63, 3.8) is 0 Å². The van der Waals surface area contributed by atoms with E-state index in [1.165, 1.54) is 30.3 Å². The van der Waals surface area contributed by atoms with E-state index in [9.17, 15) is 18.3 Å². The van der Waals surface area contributed by atoms with Gasteiger partial charge < -0.3 is 10.0 Å². The fourth-order valence-electron chi connectivity index (χ4n) is 3.98. The van der Waals surface area contributed by atoms with Gasteiger partial charge >= 0.3 is 0 Å². The van der Waals surface area contributed by atoms with Crippen LogP contribution in [-0.4, -0.2) is 11.1 Å². The Morgan fingerprint density at radius 1 is 0.964 bits per heavy atom. The van der Waals surface area contributed by atoms with Gasteiger partial charge in [0.15, 0.2) is 0 Å². The largest absolute Gasteiger partial charge is 0.508 e. The molecule has 6 heteroatoms. The molecular formula is C22H17BrF3NO. The zero-order chi connectivity index (χ0) is 20.0. The highest BCUT2D eigenvalue weighted by Crippen LogP contribution is 2.43. The number of fused-ring (bicyclic) bond motifs is 1. The van der Waals surface area contributed by atoms with Crippen molar-refractivity contribution in [2.45, 2.75) is 25.4 Å². The third-order valence-electron chi connectivity index (χ3n) is 5.13. The van der Waals surface area contributed by atoms with Gasteiger partial charge in [-0.3, -0.25) is 0 Å². The fourth-order valence-corrected chi connectivity index (χ4v) is 4.38. The zero-order valence-corrected chi connectivity index (χ0v) is 16.6. The quantitative estimate of drug-likeness (QED) is 0.511. The van der Waals surface area contributed by atoms with E-state index in [1.807, 2.05) is 11.8 Å². The number of halogens is 4. The summed E-state index contributed by atoms with van der Waals surface area (Å²) in [5.74, 6) is -1.61. The average Bonchev–Trinajstić information content (AvgIpc) is 2.61. The zero-order valence-electron chi connectivity index (χ0n) is 15.0. The van der Waals surface area contributed by atoms with Crippen LogP contribution < -0.4 is 4.90 Å². The Hall–Kier alpha value is -2.47. The Morgan fingerprint density at radius 2 is 1.61 bits per heavy atom. The second-order valence-corrected chi connectivity index (χ2v) is 7.92. The lowest BCUT2D eigenvalue weighted by Gasteiger charge is -2.44. The van der Waals surface area contributed by atoms with Crippen LogP contribution in [0, 0.1) is 17.5 Å². The van der Waals surface area contributed by atoms with E-state index in [0.29, 0.717) is 22.1 Å². The maximum atomic E-state index is 14.9. The molecular weight excluding hydrogens is 431 g/mol. The summed E-state index contributed by atoms with van der Waals surface area (Å²) in [4.78, 5) is 1.90. The Balaban J connectivity index is 1.97. The predicted molar refractivity (Wildman–Crippen MR) is 106 cm³/mol. The van der Waals surface area contributed by atoms with Gasteiger partial charge in [0, 0.05) is 16.2 Å². The molecule has 1 aliphatic rings. The number of rotatable bonds is 2. The molecule has 1 unspecified atom stereocenters. The molecule has 0 spiro atoms. The lowest BCUT2D eigenvalue weighted by molar-refractivity contribution is 0.466. The molecule has 0 saturated carbocycles. The number of hydrogen-bond acceptors (Lipinski definition) is 2. The monoisotopic (exact) mass is 447 g/mol. The highest BCUT2D eigenvalue weighted by atomic mass is 79.9. The van der Waals surface area contributed by atoms with E-state index in [0.717, 1.165) is 5.56 Å². The van der Waals surface area contributed by atoms with Crippen LogP contribution in [0.3, 0.4) is 0 Å². The first-order chi connectivity index (χ1) is 13.3. The summed E-state index contributed by atoms with van der Waals surface area (Å²) < 4.78 is 43.7. The van der Waals surface area contributed by atoms with Gasteiger partial charge in [0.25, 0.3) is 0 Å². The number of nitrogens with zero attached hydrogens (tertiary/aromatic N) is 1. The number of phenols is 1. The van der Waals surface area contributed by atoms with E-state index >= 15 is 0 Å². The fraction of sp³-hybridized carbons (Fsp3) is 0.182. The van der Waals surface area contributed by atoms with E-state index in [4.69, 9.17) is 0 Å². The number of hydrogen-bond donors (Lipinski definition) is 1. The highest BCUT2D eigenvalue weighted by Gasteiger charge is 2.37. The van der Waals surface area contributed by atoms with E-state index < -0.39 is 17.7 Å². The van der Waals surface area contributed by atoms with Gasteiger partial charge in [-0.1, -0.05) is 22.0 Å². The van der Waals surface area contributed by atoms with Crippen molar-refractivity contribution in [1.29, 1.82) is 0 Å². The second kappa shape index (κ2) is 7.17. The predicted octanol–water partition coefficient (Wildman–Crippen LogP) is 6.11. The summed E-state index contributed by atoms with van der Waals surface area (Å²) in [7, 11) is 0. The minimum atomic E-state index is -0.752. The van der Waals surface area contributed by atoms with Crippen LogP contribution in [0.1, 0.15) is 29.7 Å². The summed E-state index contributed by atoms with van der Waals surface area (Å²) in [5.41, 5.74) is 2.13. The minimum absolute atomic E-state index is 0.0778. The van der Waals surface area contributed by atoms with Crippen molar-refractivity contribution in [2.24, 2.45) is 0 Å². The van der Waals surface area contributed by atoms with Gasteiger partial charge in [-0.15, -0.1) is 0 Å². The molecule has 0 fully saturated rings. The normalized spacial score (nSPS) is 18.8. The van der Waals surface area contributed by atoms with Crippen LogP contribution in [0.25, 0.3) is 0 Å². The van der Waals surface area contributed by atoms with Gasteiger partial charge in [-0.05, 0) is 73.0 Å². The number of anilines is 1. The second-order valence-electron chi connectivity index (χ2n) is 7.01. The van der Waals surface area contributed by atoms with Crippen molar-refractivity contribution < 1.29 is 18.3 Å². The molecule has 3 aromatic carbocycles. The molecule has 28 heavy (non-hydrogen) atoms. The smallest absolute Gasteiger partial charge is 0.132 e. The molecule has 0 aromatic heterocycles. The summed E-state index contributed by atoms with van der Waals surface area (Å²) in [6, 6.07) is 12.3. The highest BCUT2D eigenvalue weighted by molar-refractivity contribution is 9.10. The SMILES string of the molecule is C[C@@H]1Cc2cc(O)ccc2C(c2c(F)cc(Br)cc2F)N1c1ccc(F)cc1. The third kappa shape index (κ3) is 3.26. The minimum Gasteiger partial charge on any atom is -0.508 e. The number of aromatic hydroxyl groups is 1. The Bertz CT molecular complexity index is 1020. The first-order valence-electron chi connectivity index (χ1n) is 8.85. The maximum absolute atomic E-state index is 14.9. The lowest BCUT2D eigenvalue weighted by atomic mass is 9.84. The van der Waals surface area contributed by atoms with Gasteiger partial charge in [-0.2, -0.15) is 0 Å². The van der Waals surface area contributed by atoms with Crippen molar-refractivity contribution in [3.05, 3.63) is 93.2 Å². The summed E-state index contributed by atoms with van der Waals surface area (Å²) >= 11 is 3.12. The topological polar surface area (TPSA) is 23.5 Å². The molecule has 0 saturated heterocycles. The van der Waals surface area contributed by atoms with Crippen LogP contribution >= 0.6 is 15.9 Å². The molecule has 3 aromatic rings. The van der Waals surface area contributed by atoms with Gasteiger partial charge in [0.1, 0.15) is 23.2 Å². The standard InChI is InChI=1S/C22H17BrF3NO/c1-12-8-13-9-17(28)6-7-18(13)22(21-19(25)10-14(23)11-20(21)26)27(12)16-4-2-15(24)3-5-16/h2-7,9-12,22,28H,8H2,1H3/t12-,22?/m1/s1. The van der Waals surface area contributed by atoms with Crippen molar-refractivity contribution in [2.75, 3.05) is 4.90 Å². The van der Waals surface area contributed by atoms with Crippen molar-refractivity contribution >= 4 is 21.6 Å². The molecule has 0 aliphatic carbocycles. The Morgan fingerprint density at radius 3 is 2.25 bits per heavy atom. The molecule has 0 amide bonds. The summed E-state index contributed by atoms with van der Waals surface area (Å²) in [6.45, 7) is 1.94. The molecule has 0 radical (unpaired) electrons. The van der Waals surface area contributed by atoms with Gasteiger partial charge in [0.05, 0.1) is 11.6 Å². The molecule has 4 rings (SSSR count). The Kier molecular flexibility index (Phi) is 4.83. The van der Waals surface area contributed by atoms with Crippen molar-refractivity contribution in [1.82, 2.24) is 0 Å². The number of benzene rings is 3. The molecule has 1 aliphatic heterocycles. The summed E-state index contributed by atoms with van der Waals surface area (Å²) in [5, 5.41) is 9.88. The molecule has 144 valence electrons. The molecule has 0 bridgehead atoms. The molecule has 2 atom stereocenters. The van der Waals surface area contributed by atoms with E-state index in [2.05, 4.69) is 15.9 Å². The third-order valence-corrected chi connectivity index (χ3v) is 5.59. The molecule has 1 heterocycles. The van der Waals surface area contributed by atoms with Gasteiger partial charge in [-0.25, -0.2) is 13.2 Å². The van der Waals surface area contributed by atoms with Crippen molar-refractivity contribution in [3.8, 4) is 5.75 Å². The van der Waals surface area contributed by atoms with Crippen LogP contribution in [0.4, 0.5) is 18.9 Å². The van der Waals surface area contributed by atoms with Crippen LogP contribution in [0.15, 0.2) is 59.1 Å². The maximum Gasteiger partial charge on any atom is 0.132 e. The summed E-state index contributed by atoms with van der Waals surface area (Å²) in [6.07, 6.45) is 0.581. The first-order valence-corrected chi connectivity index (χ1v) is 9.64. The molecule has 1 N–H and O–H groups in total. The van der Waals surface area contributed by atoms with Crippen LogP contribution in [0.2, 0.25) is 0 Å².